The second-order valence-corrected chi connectivity index (χ2v) is 5.03. The molecule has 0 aliphatic carbocycles. The summed E-state index contributed by atoms with van der Waals surface area (Å²) in [6, 6.07) is 11.6. The zero-order valence-corrected chi connectivity index (χ0v) is 11.8. The fourth-order valence-corrected chi connectivity index (χ4v) is 2.21. The van der Waals surface area contributed by atoms with Gasteiger partial charge < -0.3 is 15.0 Å². The van der Waals surface area contributed by atoms with Gasteiger partial charge in [-0.3, -0.25) is 4.79 Å². The maximum atomic E-state index is 11.9. The van der Waals surface area contributed by atoms with Crippen molar-refractivity contribution in [3.05, 3.63) is 59.4 Å². The van der Waals surface area contributed by atoms with E-state index in [-0.39, 0.29) is 12.5 Å². The van der Waals surface area contributed by atoms with Crippen LogP contribution in [0, 0.1) is 6.92 Å². The molecule has 1 aromatic heterocycles. The van der Waals surface area contributed by atoms with Crippen molar-refractivity contribution in [2.45, 2.75) is 19.4 Å². The Balaban J connectivity index is 1.85. The molecule has 0 aliphatic heterocycles. The van der Waals surface area contributed by atoms with Crippen LogP contribution in [0.4, 0.5) is 0 Å². The molecule has 0 radical (unpaired) electrons. The van der Waals surface area contributed by atoms with Crippen LogP contribution in [0.15, 0.2) is 42.6 Å². The number of aryl methyl sites for hydroxylation is 2. The minimum absolute atomic E-state index is 0.0798. The van der Waals surface area contributed by atoms with Crippen molar-refractivity contribution in [2.75, 3.05) is 6.54 Å². The molecule has 0 saturated carbocycles. The standard InChI is InChI=1S/C16H20N2O2/c1-12-5-3-6-13(9-12)10-16(20)17-11-15(19)14-7-4-8-18(14)2/h3-9,15,19H,10-11H2,1-2H3,(H,17,20). The summed E-state index contributed by atoms with van der Waals surface area (Å²) in [5.41, 5.74) is 2.91. The van der Waals surface area contributed by atoms with Gasteiger partial charge >= 0.3 is 0 Å². The molecular weight excluding hydrogens is 252 g/mol. The zero-order chi connectivity index (χ0) is 14.5. The molecule has 1 aromatic carbocycles. The highest BCUT2D eigenvalue weighted by atomic mass is 16.3. The Morgan fingerprint density at radius 1 is 1.35 bits per heavy atom. The number of benzene rings is 1. The molecule has 1 amide bonds. The summed E-state index contributed by atoms with van der Waals surface area (Å²) in [7, 11) is 1.87. The van der Waals surface area contributed by atoms with E-state index >= 15 is 0 Å². The van der Waals surface area contributed by atoms with Gasteiger partial charge in [0.1, 0.15) is 6.10 Å². The van der Waals surface area contributed by atoms with E-state index in [0.29, 0.717) is 6.42 Å². The van der Waals surface area contributed by atoms with E-state index in [4.69, 9.17) is 0 Å². The van der Waals surface area contributed by atoms with Gasteiger partial charge in [0, 0.05) is 25.5 Å². The summed E-state index contributed by atoms with van der Waals surface area (Å²) in [4.78, 5) is 11.9. The van der Waals surface area contributed by atoms with Crippen LogP contribution in [0.1, 0.15) is 22.9 Å². The van der Waals surface area contributed by atoms with Gasteiger partial charge in [0.15, 0.2) is 0 Å². The number of rotatable bonds is 5. The third kappa shape index (κ3) is 3.71. The maximum Gasteiger partial charge on any atom is 0.224 e. The van der Waals surface area contributed by atoms with E-state index in [1.807, 2.05) is 61.1 Å². The fourth-order valence-electron chi connectivity index (χ4n) is 2.21. The Morgan fingerprint density at radius 3 is 2.80 bits per heavy atom. The van der Waals surface area contributed by atoms with E-state index in [1.54, 1.807) is 0 Å². The Bertz CT molecular complexity index is 590. The lowest BCUT2D eigenvalue weighted by atomic mass is 10.1. The number of carbonyl (C=O) groups is 1. The smallest absolute Gasteiger partial charge is 0.224 e. The molecule has 0 spiro atoms. The van der Waals surface area contributed by atoms with Crippen molar-refractivity contribution >= 4 is 5.91 Å². The number of aliphatic hydroxyl groups is 1. The van der Waals surface area contributed by atoms with Gasteiger partial charge in [-0.1, -0.05) is 29.8 Å². The SMILES string of the molecule is Cc1cccc(CC(=O)NCC(O)c2cccn2C)c1. The molecule has 0 saturated heterocycles. The number of amides is 1. The van der Waals surface area contributed by atoms with E-state index < -0.39 is 6.10 Å². The predicted octanol–water partition coefficient (Wildman–Crippen LogP) is 1.73. The van der Waals surface area contributed by atoms with Gasteiger partial charge in [0.2, 0.25) is 5.91 Å². The number of aliphatic hydroxyl groups excluding tert-OH is 1. The normalized spacial score (nSPS) is 12.2. The minimum Gasteiger partial charge on any atom is -0.385 e. The van der Waals surface area contributed by atoms with Crippen LogP contribution in [-0.2, 0) is 18.3 Å². The summed E-state index contributed by atoms with van der Waals surface area (Å²) >= 11 is 0. The van der Waals surface area contributed by atoms with Gasteiger partial charge in [-0.25, -0.2) is 0 Å². The molecule has 0 fully saturated rings. The van der Waals surface area contributed by atoms with Crippen LogP contribution >= 0.6 is 0 Å². The van der Waals surface area contributed by atoms with Crippen LogP contribution in [0.25, 0.3) is 0 Å². The third-order valence-corrected chi connectivity index (χ3v) is 3.27. The minimum atomic E-state index is -0.684. The van der Waals surface area contributed by atoms with Crippen LogP contribution in [-0.4, -0.2) is 22.1 Å². The molecule has 20 heavy (non-hydrogen) atoms. The average Bonchev–Trinajstić information content (AvgIpc) is 2.82. The van der Waals surface area contributed by atoms with Crippen LogP contribution < -0.4 is 5.32 Å². The predicted molar refractivity (Wildman–Crippen MR) is 78.3 cm³/mol. The molecule has 1 unspecified atom stereocenters. The van der Waals surface area contributed by atoms with Crippen molar-refractivity contribution in [3.63, 3.8) is 0 Å². The summed E-state index contributed by atoms with van der Waals surface area (Å²) in [6.45, 7) is 2.23. The molecule has 4 nitrogen and oxygen atoms in total. The van der Waals surface area contributed by atoms with Gasteiger partial charge in [-0.05, 0) is 24.6 Å². The third-order valence-electron chi connectivity index (χ3n) is 3.27. The molecule has 0 aliphatic rings. The van der Waals surface area contributed by atoms with Gasteiger partial charge in [0.05, 0.1) is 6.42 Å². The summed E-state index contributed by atoms with van der Waals surface area (Å²) in [5, 5.41) is 12.8. The highest BCUT2D eigenvalue weighted by Crippen LogP contribution is 2.11. The number of hydrogen-bond acceptors (Lipinski definition) is 2. The van der Waals surface area contributed by atoms with E-state index in [9.17, 15) is 9.90 Å². The van der Waals surface area contributed by atoms with E-state index in [1.165, 1.54) is 0 Å². The zero-order valence-electron chi connectivity index (χ0n) is 11.8. The van der Waals surface area contributed by atoms with Crippen molar-refractivity contribution in [2.24, 2.45) is 7.05 Å². The van der Waals surface area contributed by atoms with Gasteiger partial charge in [0.25, 0.3) is 0 Å². The number of carbonyl (C=O) groups excluding carboxylic acids is 1. The Hall–Kier alpha value is -2.07. The maximum absolute atomic E-state index is 11.9. The fraction of sp³-hybridized carbons (Fsp3) is 0.312. The number of hydrogen-bond donors (Lipinski definition) is 2. The number of nitrogens with one attached hydrogen (secondary N) is 1. The molecule has 2 aromatic rings. The lowest BCUT2D eigenvalue weighted by Gasteiger charge is -2.13. The number of aromatic nitrogens is 1. The van der Waals surface area contributed by atoms with Crippen molar-refractivity contribution in [1.82, 2.24) is 9.88 Å². The van der Waals surface area contributed by atoms with Crippen LogP contribution in [0.3, 0.4) is 0 Å². The summed E-state index contributed by atoms with van der Waals surface area (Å²) in [6.07, 6.45) is 1.52. The largest absolute Gasteiger partial charge is 0.385 e. The topological polar surface area (TPSA) is 54.3 Å². The molecule has 4 heteroatoms. The van der Waals surface area contributed by atoms with Crippen molar-refractivity contribution < 1.29 is 9.90 Å². The highest BCUT2D eigenvalue weighted by molar-refractivity contribution is 5.78. The van der Waals surface area contributed by atoms with Crippen LogP contribution in [0.5, 0.6) is 0 Å². The quantitative estimate of drug-likeness (QED) is 0.871. The molecule has 0 bridgehead atoms. The number of nitrogens with zero attached hydrogens (tertiary/aromatic N) is 1. The molecule has 106 valence electrons. The first-order chi connectivity index (χ1) is 9.56. The highest BCUT2D eigenvalue weighted by Gasteiger charge is 2.12. The first-order valence-electron chi connectivity index (χ1n) is 6.68. The van der Waals surface area contributed by atoms with E-state index in [0.717, 1.165) is 16.8 Å². The molecular formula is C16H20N2O2. The summed E-state index contributed by atoms with van der Waals surface area (Å²) < 4.78 is 1.84. The van der Waals surface area contributed by atoms with Crippen molar-refractivity contribution in [1.29, 1.82) is 0 Å². The Kier molecular flexibility index (Phi) is 4.58. The second-order valence-electron chi connectivity index (χ2n) is 5.03. The first kappa shape index (κ1) is 14.3. The Labute approximate surface area is 119 Å². The second kappa shape index (κ2) is 6.39. The lowest BCUT2D eigenvalue weighted by molar-refractivity contribution is -0.120. The van der Waals surface area contributed by atoms with Gasteiger partial charge in [-0.15, -0.1) is 0 Å². The first-order valence-corrected chi connectivity index (χ1v) is 6.68. The van der Waals surface area contributed by atoms with Crippen molar-refractivity contribution in [3.8, 4) is 0 Å². The molecule has 1 heterocycles. The van der Waals surface area contributed by atoms with Gasteiger partial charge in [-0.2, -0.15) is 0 Å². The average molecular weight is 272 g/mol. The summed E-state index contributed by atoms with van der Waals surface area (Å²) in [5.74, 6) is -0.0798. The van der Waals surface area contributed by atoms with E-state index in [2.05, 4.69) is 5.32 Å². The molecule has 2 N–H and O–H groups in total. The lowest BCUT2D eigenvalue weighted by Crippen LogP contribution is -2.30. The monoisotopic (exact) mass is 272 g/mol. The molecule has 1 atom stereocenters. The van der Waals surface area contributed by atoms with Crippen LogP contribution in [0.2, 0.25) is 0 Å². The molecule has 2 rings (SSSR count). The Morgan fingerprint density at radius 2 is 2.15 bits per heavy atom.